The Balaban J connectivity index is 2.10. The molecular weight excluding hydrogens is 253 g/mol. The first-order valence-electron chi connectivity index (χ1n) is 5.88. The van der Waals surface area contributed by atoms with Gasteiger partial charge in [0.25, 0.3) is 0 Å². The van der Waals surface area contributed by atoms with Crippen LogP contribution in [-0.2, 0) is 0 Å². The first-order chi connectivity index (χ1) is 9.08. The van der Waals surface area contributed by atoms with E-state index in [2.05, 4.69) is 4.98 Å². The Labute approximate surface area is 108 Å². The normalized spacial score (nSPS) is 17.7. The molecule has 2 nitrogen and oxygen atoms in total. The van der Waals surface area contributed by atoms with E-state index in [9.17, 15) is 13.2 Å². The molecule has 2 aromatic rings. The molecule has 0 amide bonds. The Kier molecular flexibility index (Phi) is 2.69. The van der Waals surface area contributed by atoms with E-state index in [1.54, 1.807) is 6.20 Å². The van der Waals surface area contributed by atoms with Crippen molar-refractivity contribution in [2.45, 2.75) is 5.92 Å². The van der Waals surface area contributed by atoms with Gasteiger partial charge < -0.3 is 4.90 Å². The second-order valence-electron chi connectivity index (χ2n) is 4.64. The van der Waals surface area contributed by atoms with Gasteiger partial charge in [-0.05, 0) is 29.8 Å². The zero-order chi connectivity index (χ0) is 13.6. The van der Waals surface area contributed by atoms with E-state index in [4.69, 9.17) is 0 Å². The summed E-state index contributed by atoms with van der Waals surface area (Å²) in [4.78, 5) is 6.23. The maximum atomic E-state index is 13.3. The smallest absolute Gasteiger partial charge is 0.194 e. The number of rotatable bonds is 1. The van der Waals surface area contributed by atoms with Crippen LogP contribution in [0.4, 0.5) is 18.9 Å². The molecular formula is C14H11F3N2. The summed E-state index contributed by atoms with van der Waals surface area (Å²) in [6, 6.07) is 5.80. The molecule has 0 aliphatic carbocycles. The molecule has 1 aromatic heterocycles. The summed E-state index contributed by atoms with van der Waals surface area (Å²) in [6.07, 6.45) is 1.64. The van der Waals surface area contributed by atoms with Crippen molar-refractivity contribution in [2.75, 3.05) is 18.5 Å². The fraction of sp³-hybridized carbons (Fsp3) is 0.214. The van der Waals surface area contributed by atoms with Crippen molar-refractivity contribution in [2.24, 2.45) is 0 Å². The van der Waals surface area contributed by atoms with Crippen LogP contribution >= 0.6 is 0 Å². The summed E-state index contributed by atoms with van der Waals surface area (Å²) >= 11 is 0. The second kappa shape index (κ2) is 4.26. The van der Waals surface area contributed by atoms with Gasteiger partial charge in [0.1, 0.15) is 0 Å². The molecule has 0 N–H and O–H groups in total. The molecule has 2 heterocycles. The van der Waals surface area contributed by atoms with Gasteiger partial charge in [0.05, 0.1) is 11.4 Å². The summed E-state index contributed by atoms with van der Waals surface area (Å²) < 4.78 is 39.6. The molecule has 0 saturated carbocycles. The third kappa shape index (κ3) is 1.85. The molecule has 1 aliphatic heterocycles. The van der Waals surface area contributed by atoms with Crippen LogP contribution in [0.1, 0.15) is 17.2 Å². The van der Waals surface area contributed by atoms with Crippen LogP contribution in [-0.4, -0.2) is 18.6 Å². The molecule has 0 radical (unpaired) electrons. The SMILES string of the molecule is CN1CC(c2cc(F)c(F)c(F)c2)c2ncccc21. The fourth-order valence-electron chi connectivity index (χ4n) is 2.50. The predicted octanol–water partition coefficient (Wildman–Crippen LogP) is 3.08. The van der Waals surface area contributed by atoms with Gasteiger partial charge in [-0.1, -0.05) is 0 Å². The zero-order valence-electron chi connectivity index (χ0n) is 10.2. The van der Waals surface area contributed by atoms with Crippen LogP contribution in [0.5, 0.6) is 0 Å². The number of likely N-dealkylation sites (N-methyl/N-ethyl adjacent to an activating group) is 1. The highest BCUT2D eigenvalue weighted by Gasteiger charge is 2.30. The van der Waals surface area contributed by atoms with Crippen molar-refractivity contribution < 1.29 is 13.2 Å². The number of aromatic nitrogens is 1. The number of hydrogen-bond acceptors (Lipinski definition) is 2. The molecule has 19 heavy (non-hydrogen) atoms. The van der Waals surface area contributed by atoms with Crippen molar-refractivity contribution in [1.29, 1.82) is 0 Å². The number of pyridine rings is 1. The number of hydrogen-bond donors (Lipinski definition) is 0. The van der Waals surface area contributed by atoms with Crippen LogP contribution in [0.25, 0.3) is 0 Å². The van der Waals surface area contributed by atoms with Crippen LogP contribution < -0.4 is 4.90 Å². The summed E-state index contributed by atoms with van der Waals surface area (Å²) in [7, 11) is 1.89. The van der Waals surface area contributed by atoms with Crippen LogP contribution in [0.2, 0.25) is 0 Å². The van der Waals surface area contributed by atoms with Crippen molar-refractivity contribution in [1.82, 2.24) is 4.98 Å². The molecule has 1 atom stereocenters. The van der Waals surface area contributed by atoms with Gasteiger partial charge in [0.15, 0.2) is 17.5 Å². The van der Waals surface area contributed by atoms with E-state index in [1.165, 1.54) is 0 Å². The fourth-order valence-corrected chi connectivity index (χ4v) is 2.50. The highest BCUT2D eigenvalue weighted by molar-refractivity contribution is 5.59. The summed E-state index contributed by atoms with van der Waals surface area (Å²) in [5.74, 6) is -4.01. The standard InChI is InChI=1S/C14H11F3N2/c1-19-7-9(14-12(19)3-2-4-18-14)8-5-10(15)13(17)11(16)6-8/h2-6,9H,7H2,1H3. The Morgan fingerprint density at radius 2 is 1.89 bits per heavy atom. The predicted molar refractivity (Wildman–Crippen MR) is 65.7 cm³/mol. The molecule has 1 aromatic carbocycles. The molecule has 1 unspecified atom stereocenters. The van der Waals surface area contributed by atoms with Gasteiger partial charge in [0.2, 0.25) is 0 Å². The number of anilines is 1. The Hall–Kier alpha value is -2.04. The lowest BCUT2D eigenvalue weighted by Crippen LogP contribution is -2.16. The van der Waals surface area contributed by atoms with E-state index >= 15 is 0 Å². The first-order valence-corrected chi connectivity index (χ1v) is 5.88. The largest absolute Gasteiger partial charge is 0.372 e. The average Bonchev–Trinajstić information content (AvgIpc) is 2.74. The van der Waals surface area contributed by atoms with E-state index in [-0.39, 0.29) is 5.92 Å². The number of fused-ring (bicyclic) bond motifs is 1. The Morgan fingerprint density at radius 3 is 2.58 bits per heavy atom. The van der Waals surface area contributed by atoms with E-state index in [1.807, 2.05) is 24.1 Å². The summed E-state index contributed by atoms with van der Waals surface area (Å²) in [5.41, 5.74) is 2.09. The van der Waals surface area contributed by atoms with Gasteiger partial charge in [-0.3, -0.25) is 4.98 Å². The third-order valence-electron chi connectivity index (χ3n) is 3.42. The monoisotopic (exact) mass is 264 g/mol. The van der Waals surface area contributed by atoms with Gasteiger partial charge in [-0.15, -0.1) is 0 Å². The summed E-state index contributed by atoms with van der Waals surface area (Å²) in [6.45, 7) is 0.566. The first kappa shape index (κ1) is 12.0. The highest BCUT2D eigenvalue weighted by Crippen LogP contribution is 2.38. The van der Waals surface area contributed by atoms with Crippen LogP contribution in [0, 0.1) is 17.5 Å². The molecule has 5 heteroatoms. The molecule has 0 bridgehead atoms. The van der Waals surface area contributed by atoms with Gasteiger partial charge >= 0.3 is 0 Å². The molecule has 1 aliphatic rings. The molecule has 0 saturated heterocycles. The lowest BCUT2D eigenvalue weighted by atomic mass is 9.96. The van der Waals surface area contributed by atoms with Gasteiger partial charge in [-0.2, -0.15) is 0 Å². The average molecular weight is 264 g/mol. The summed E-state index contributed by atoms with van der Waals surface area (Å²) in [5, 5.41) is 0. The van der Waals surface area contributed by atoms with Gasteiger partial charge in [0, 0.05) is 25.7 Å². The molecule has 0 spiro atoms. The number of benzene rings is 1. The minimum Gasteiger partial charge on any atom is -0.372 e. The Morgan fingerprint density at radius 1 is 1.21 bits per heavy atom. The van der Waals surface area contributed by atoms with Crippen molar-refractivity contribution in [3.63, 3.8) is 0 Å². The van der Waals surface area contributed by atoms with E-state index in [0.717, 1.165) is 23.5 Å². The molecule has 0 fully saturated rings. The highest BCUT2D eigenvalue weighted by atomic mass is 19.2. The minimum atomic E-state index is -1.43. The lowest BCUT2D eigenvalue weighted by molar-refractivity contribution is 0.444. The van der Waals surface area contributed by atoms with E-state index in [0.29, 0.717) is 12.1 Å². The zero-order valence-corrected chi connectivity index (χ0v) is 10.2. The van der Waals surface area contributed by atoms with Gasteiger partial charge in [-0.25, -0.2) is 13.2 Å². The number of nitrogens with zero attached hydrogens (tertiary/aromatic N) is 2. The van der Waals surface area contributed by atoms with E-state index < -0.39 is 17.5 Å². The molecule has 98 valence electrons. The quantitative estimate of drug-likeness (QED) is 0.736. The second-order valence-corrected chi connectivity index (χ2v) is 4.64. The number of halogens is 3. The topological polar surface area (TPSA) is 16.1 Å². The maximum Gasteiger partial charge on any atom is 0.194 e. The van der Waals surface area contributed by atoms with Crippen molar-refractivity contribution in [3.05, 3.63) is 59.2 Å². The van der Waals surface area contributed by atoms with Crippen LogP contribution in [0.3, 0.4) is 0 Å². The minimum absolute atomic E-state index is 0.245. The molecule has 3 rings (SSSR count). The third-order valence-corrected chi connectivity index (χ3v) is 3.42. The lowest BCUT2D eigenvalue weighted by Gasteiger charge is -2.13. The van der Waals surface area contributed by atoms with Crippen molar-refractivity contribution in [3.8, 4) is 0 Å². The maximum absolute atomic E-state index is 13.3. The van der Waals surface area contributed by atoms with Crippen LogP contribution in [0.15, 0.2) is 30.5 Å². The van der Waals surface area contributed by atoms with Crippen molar-refractivity contribution >= 4 is 5.69 Å². The Bertz CT molecular complexity index is 619.